The maximum absolute atomic E-state index is 11.8. The smallest absolute Gasteiger partial charge is 0.241 e. The second-order valence-corrected chi connectivity index (χ2v) is 3.83. The Morgan fingerprint density at radius 3 is 2.71 bits per heavy atom. The minimum atomic E-state index is -0.616. The second kappa shape index (κ2) is 5.32. The zero-order valence-corrected chi connectivity index (χ0v) is 9.39. The number of benzene rings is 1. The molecular weight excluding hydrogens is 214 g/mol. The molecule has 0 radical (unpaired) electrons. The van der Waals surface area contributed by atoms with Crippen LogP contribution in [0.2, 0.25) is 0 Å². The maximum atomic E-state index is 11.8. The molecule has 0 saturated heterocycles. The Bertz CT molecular complexity index is 465. The van der Waals surface area contributed by atoms with Gasteiger partial charge in [0.15, 0.2) is 0 Å². The monoisotopic (exact) mass is 229 g/mol. The molecule has 0 bridgehead atoms. The van der Waals surface area contributed by atoms with Crippen molar-refractivity contribution < 1.29 is 4.79 Å². The molecule has 0 fully saturated rings. The predicted octanol–water partition coefficient (Wildman–Crippen LogP) is 1.33. The maximum Gasteiger partial charge on any atom is 0.241 e. The van der Waals surface area contributed by atoms with E-state index in [1.54, 1.807) is 0 Å². The number of aromatic nitrogens is 1. The number of hydrogen-bond donors (Lipinski definition) is 3. The summed E-state index contributed by atoms with van der Waals surface area (Å²) in [4.78, 5) is 14.7. The molecule has 1 aromatic carbocycles. The standard InChI is InChI=1S/C13H15N3O/c14-12(11-4-2-1-3-5-11)13(17)16-9-10-6-7-15-8-10/h1-8,12,15H,9,14H2,(H,16,17)/t12-/m1/s1. The fourth-order valence-corrected chi connectivity index (χ4v) is 1.58. The zero-order valence-electron chi connectivity index (χ0n) is 9.39. The van der Waals surface area contributed by atoms with E-state index in [2.05, 4.69) is 10.3 Å². The highest BCUT2D eigenvalue weighted by molar-refractivity contribution is 5.82. The fourth-order valence-electron chi connectivity index (χ4n) is 1.58. The van der Waals surface area contributed by atoms with Crippen molar-refractivity contribution >= 4 is 5.91 Å². The largest absolute Gasteiger partial charge is 0.367 e. The molecule has 0 aliphatic carbocycles. The van der Waals surface area contributed by atoms with Gasteiger partial charge in [-0.1, -0.05) is 30.3 Å². The van der Waals surface area contributed by atoms with Gasteiger partial charge < -0.3 is 16.0 Å². The van der Waals surface area contributed by atoms with Crippen LogP contribution in [0, 0.1) is 0 Å². The third kappa shape index (κ3) is 2.95. The quantitative estimate of drug-likeness (QED) is 0.740. The summed E-state index contributed by atoms with van der Waals surface area (Å²) in [5.74, 6) is -0.169. The first kappa shape index (κ1) is 11.4. The predicted molar refractivity (Wildman–Crippen MR) is 66.0 cm³/mol. The summed E-state index contributed by atoms with van der Waals surface area (Å²) in [6.45, 7) is 0.489. The van der Waals surface area contributed by atoms with Gasteiger partial charge in [-0.15, -0.1) is 0 Å². The lowest BCUT2D eigenvalue weighted by atomic mass is 10.1. The summed E-state index contributed by atoms with van der Waals surface area (Å²) in [6, 6.07) is 10.6. The molecule has 17 heavy (non-hydrogen) atoms. The van der Waals surface area contributed by atoms with E-state index in [0.717, 1.165) is 11.1 Å². The van der Waals surface area contributed by atoms with Gasteiger partial charge in [0.25, 0.3) is 0 Å². The van der Waals surface area contributed by atoms with Crippen molar-refractivity contribution in [3.63, 3.8) is 0 Å². The summed E-state index contributed by atoms with van der Waals surface area (Å²) in [5.41, 5.74) is 7.70. The van der Waals surface area contributed by atoms with Gasteiger partial charge in [-0.05, 0) is 17.2 Å². The first-order valence-electron chi connectivity index (χ1n) is 5.47. The number of hydrogen-bond acceptors (Lipinski definition) is 2. The van der Waals surface area contributed by atoms with Crippen LogP contribution in [0.1, 0.15) is 17.2 Å². The third-order valence-corrected chi connectivity index (χ3v) is 2.57. The normalized spacial score (nSPS) is 12.1. The van der Waals surface area contributed by atoms with Crippen LogP contribution in [0.3, 0.4) is 0 Å². The summed E-state index contributed by atoms with van der Waals surface area (Å²) in [7, 11) is 0. The van der Waals surface area contributed by atoms with Crippen molar-refractivity contribution in [1.82, 2.24) is 10.3 Å². The fraction of sp³-hybridized carbons (Fsp3) is 0.154. The minimum absolute atomic E-state index is 0.169. The van der Waals surface area contributed by atoms with E-state index in [1.165, 1.54) is 0 Å². The van der Waals surface area contributed by atoms with Gasteiger partial charge in [-0.3, -0.25) is 4.79 Å². The van der Waals surface area contributed by atoms with Crippen LogP contribution in [0.15, 0.2) is 48.8 Å². The van der Waals surface area contributed by atoms with Crippen LogP contribution >= 0.6 is 0 Å². The van der Waals surface area contributed by atoms with Crippen molar-refractivity contribution in [3.05, 3.63) is 59.9 Å². The topological polar surface area (TPSA) is 70.9 Å². The number of nitrogens with one attached hydrogen (secondary N) is 2. The molecule has 4 nitrogen and oxygen atoms in total. The number of carbonyl (C=O) groups is 1. The van der Waals surface area contributed by atoms with Gasteiger partial charge in [-0.25, -0.2) is 0 Å². The summed E-state index contributed by atoms with van der Waals surface area (Å²) >= 11 is 0. The average Bonchev–Trinajstić information content (AvgIpc) is 2.89. The number of rotatable bonds is 4. The van der Waals surface area contributed by atoms with Crippen molar-refractivity contribution in [2.45, 2.75) is 12.6 Å². The Hall–Kier alpha value is -2.07. The highest BCUT2D eigenvalue weighted by atomic mass is 16.2. The van der Waals surface area contributed by atoms with Crippen LogP contribution < -0.4 is 11.1 Å². The van der Waals surface area contributed by atoms with Gasteiger partial charge in [0.2, 0.25) is 5.91 Å². The molecule has 2 aromatic rings. The zero-order chi connectivity index (χ0) is 12.1. The molecule has 0 aliphatic heterocycles. The molecule has 88 valence electrons. The van der Waals surface area contributed by atoms with Crippen molar-refractivity contribution in [2.75, 3.05) is 0 Å². The van der Waals surface area contributed by atoms with E-state index >= 15 is 0 Å². The minimum Gasteiger partial charge on any atom is -0.367 e. The van der Waals surface area contributed by atoms with E-state index in [9.17, 15) is 4.79 Å². The first-order valence-corrected chi connectivity index (χ1v) is 5.47. The number of carbonyl (C=O) groups excluding carboxylic acids is 1. The summed E-state index contributed by atoms with van der Waals surface area (Å²) in [6.07, 6.45) is 3.66. The molecule has 4 N–H and O–H groups in total. The van der Waals surface area contributed by atoms with Crippen LogP contribution in [0.25, 0.3) is 0 Å². The Kier molecular flexibility index (Phi) is 3.57. The van der Waals surface area contributed by atoms with Crippen molar-refractivity contribution in [2.24, 2.45) is 5.73 Å². The number of amides is 1. The highest BCUT2D eigenvalue weighted by Gasteiger charge is 2.14. The van der Waals surface area contributed by atoms with E-state index < -0.39 is 6.04 Å². The Morgan fingerprint density at radius 2 is 2.06 bits per heavy atom. The van der Waals surface area contributed by atoms with Gasteiger partial charge in [-0.2, -0.15) is 0 Å². The van der Waals surface area contributed by atoms with Crippen LogP contribution in [-0.4, -0.2) is 10.9 Å². The van der Waals surface area contributed by atoms with Crippen LogP contribution in [0.5, 0.6) is 0 Å². The number of H-pyrrole nitrogens is 1. The third-order valence-electron chi connectivity index (χ3n) is 2.57. The van der Waals surface area contributed by atoms with Gasteiger partial charge in [0, 0.05) is 18.9 Å². The van der Waals surface area contributed by atoms with E-state index in [-0.39, 0.29) is 5.91 Å². The molecule has 1 atom stereocenters. The van der Waals surface area contributed by atoms with Gasteiger partial charge in [0.05, 0.1) is 0 Å². The Morgan fingerprint density at radius 1 is 1.29 bits per heavy atom. The van der Waals surface area contributed by atoms with Crippen LogP contribution in [-0.2, 0) is 11.3 Å². The molecule has 2 rings (SSSR count). The highest BCUT2D eigenvalue weighted by Crippen LogP contribution is 2.09. The SMILES string of the molecule is N[C@@H](C(=O)NCc1cc[nH]c1)c1ccccc1. The molecule has 1 aromatic heterocycles. The van der Waals surface area contributed by atoms with Crippen molar-refractivity contribution in [1.29, 1.82) is 0 Å². The van der Waals surface area contributed by atoms with E-state index in [0.29, 0.717) is 6.54 Å². The molecule has 1 heterocycles. The summed E-state index contributed by atoms with van der Waals surface area (Å²) in [5, 5.41) is 2.80. The molecule has 0 aliphatic rings. The Balaban J connectivity index is 1.92. The van der Waals surface area contributed by atoms with E-state index in [1.807, 2.05) is 48.8 Å². The first-order chi connectivity index (χ1) is 8.27. The lowest BCUT2D eigenvalue weighted by molar-refractivity contribution is -0.122. The van der Waals surface area contributed by atoms with Gasteiger partial charge in [0.1, 0.15) is 6.04 Å². The molecule has 0 spiro atoms. The lowest BCUT2D eigenvalue weighted by Crippen LogP contribution is -2.33. The second-order valence-electron chi connectivity index (χ2n) is 3.83. The average molecular weight is 229 g/mol. The van der Waals surface area contributed by atoms with E-state index in [4.69, 9.17) is 5.73 Å². The Labute approximate surface area is 99.8 Å². The molecular formula is C13H15N3O. The number of nitrogens with two attached hydrogens (primary N) is 1. The molecule has 0 saturated carbocycles. The lowest BCUT2D eigenvalue weighted by Gasteiger charge is -2.11. The summed E-state index contributed by atoms with van der Waals surface area (Å²) < 4.78 is 0. The molecule has 1 amide bonds. The molecule has 4 heteroatoms. The van der Waals surface area contributed by atoms with Crippen LogP contribution in [0.4, 0.5) is 0 Å². The number of aromatic amines is 1. The molecule has 0 unspecified atom stereocenters. The van der Waals surface area contributed by atoms with Crippen molar-refractivity contribution in [3.8, 4) is 0 Å². The van der Waals surface area contributed by atoms with Gasteiger partial charge >= 0.3 is 0 Å².